The third kappa shape index (κ3) is 3.80. The maximum absolute atomic E-state index is 12.6. The molecule has 0 unspecified atom stereocenters. The van der Waals surface area contributed by atoms with Gasteiger partial charge < -0.3 is 25.0 Å². The number of hydrogen-bond donors (Lipinski definition) is 3. The normalized spacial score (nSPS) is 24.7. The molecule has 1 aliphatic heterocycles. The molecule has 0 saturated carbocycles. The summed E-state index contributed by atoms with van der Waals surface area (Å²) in [5, 5.41) is 30.0. The molecule has 2 rings (SSSR count). The maximum atomic E-state index is 12.6. The van der Waals surface area contributed by atoms with Crippen LogP contribution in [0.4, 0.5) is 0 Å². The average molecular weight is 324 g/mol. The van der Waals surface area contributed by atoms with E-state index in [1.54, 1.807) is 13.2 Å². The van der Waals surface area contributed by atoms with E-state index < -0.39 is 11.5 Å². The van der Waals surface area contributed by atoms with Gasteiger partial charge in [-0.05, 0) is 31.4 Å². The molecule has 7 heteroatoms. The Morgan fingerprint density at radius 2 is 2.35 bits per heavy atom. The summed E-state index contributed by atoms with van der Waals surface area (Å²) in [6.45, 7) is 0.907. The van der Waals surface area contributed by atoms with Crippen LogP contribution in [0.2, 0.25) is 0 Å². The van der Waals surface area contributed by atoms with E-state index in [1.165, 1.54) is 17.2 Å². The van der Waals surface area contributed by atoms with Gasteiger partial charge in [0.1, 0.15) is 5.75 Å². The zero-order chi connectivity index (χ0) is 16.9. The second kappa shape index (κ2) is 7.72. The molecule has 2 atom stereocenters. The monoisotopic (exact) mass is 324 g/mol. The van der Waals surface area contributed by atoms with Crippen molar-refractivity contribution >= 4 is 5.91 Å². The first-order valence-electron chi connectivity index (χ1n) is 7.75. The van der Waals surface area contributed by atoms with Crippen molar-refractivity contribution in [3.05, 3.63) is 24.0 Å². The molecule has 1 fully saturated rings. The molecule has 0 aromatic carbocycles. The Hall–Kier alpha value is -1.70. The van der Waals surface area contributed by atoms with Crippen LogP contribution in [0, 0.1) is 5.41 Å². The second-order valence-electron chi connectivity index (χ2n) is 6.02. The Morgan fingerprint density at radius 1 is 1.57 bits per heavy atom. The van der Waals surface area contributed by atoms with Crippen LogP contribution in [-0.4, -0.2) is 70.6 Å². The van der Waals surface area contributed by atoms with E-state index in [-0.39, 0.29) is 30.5 Å². The summed E-state index contributed by atoms with van der Waals surface area (Å²) in [5.74, 6) is -0.558. The number of aliphatic hydroxyl groups excluding tert-OH is 2. The zero-order valence-electron chi connectivity index (χ0n) is 13.3. The van der Waals surface area contributed by atoms with Gasteiger partial charge >= 0.3 is 0 Å². The third-order valence-corrected chi connectivity index (χ3v) is 4.50. The molecule has 128 valence electrons. The fourth-order valence-corrected chi connectivity index (χ4v) is 3.08. The summed E-state index contributed by atoms with van der Waals surface area (Å²) in [6.07, 6.45) is 2.39. The number of carbonyl (C=O) groups is 1. The Balaban J connectivity index is 2.15. The second-order valence-corrected chi connectivity index (χ2v) is 6.02. The lowest BCUT2D eigenvalue weighted by Crippen LogP contribution is -2.55. The van der Waals surface area contributed by atoms with Crippen LogP contribution in [0.3, 0.4) is 0 Å². The Labute approximate surface area is 135 Å². The van der Waals surface area contributed by atoms with Gasteiger partial charge in [-0.3, -0.25) is 4.79 Å². The molecule has 1 saturated heterocycles. The fraction of sp³-hybridized carbons (Fsp3) is 0.625. The molecule has 2 heterocycles. The van der Waals surface area contributed by atoms with Crippen LogP contribution in [0.25, 0.3) is 0 Å². The van der Waals surface area contributed by atoms with Crippen molar-refractivity contribution in [3.8, 4) is 5.75 Å². The molecule has 0 spiro atoms. The summed E-state index contributed by atoms with van der Waals surface area (Å²) in [6, 6.07) is 2.96. The van der Waals surface area contributed by atoms with Crippen molar-refractivity contribution in [1.82, 2.24) is 9.88 Å². The summed E-state index contributed by atoms with van der Waals surface area (Å²) in [5.41, 5.74) is -0.774. The number of hydrogen-bond acceptors (Lipinski definition) is 6. The molecular formula is C16H24N2O5. The number of likely N-dealkylation sites (tertiary alicyclic amines) is 1. The highest BCUT2D eigenvalue weighted by atomic mass is 16.5. The Morgan fingerprint density at radius 3 is 3.00 bits per heavy atom. The minimum absolute atomic E-state index is 0.00683. The van der Waals surface area contributed by atoms with Gasteiger partial charge in [0, 0.05) is 38.4 Å². The standard InChI is InChI=1S/C16H24N2O5/c1-23-9-3-6-16(11-19)10-18(8-5-13(16)21)15(22)14-12(20)4-2-7-17-14/h2,4,7,13,19-21H,3,5-6,8-11H2,1H3/t13-,16+/m1/s1. The lowest BCUT2D eigenvalue weighted by molar-refractivity contribution is -0.0746. The first-order chi connectivity index (χ1) is 11.0. The lowest BCUT2D eigenvalue weighted by atomic mass is 9.74. The maximum Gasteiger partial charge on any atom is 0.276 e. The minimum atomic E-state index is -0.767. The fourth-order valence-electron chi connectivity index (χ4n) is 3.08. The van der Waals surface area contributed by atoms with Gasteiger partial charge in [0.05, 0.1) is 12.7 Å². The van der Waals surface area contributed by atoms with Crippen LogP contribution < -0.4 is 0 Å². The van der Waals surface area contributed by atoms with E-state index in [2.05, 4.69) is 4.98 Å². The van der Waals surface area contributed by atoms with Crippen LogP contribution in [0.1, 0.15) is 29.8 Å². The molecular weight excluding hydrogens is 300 g/mol. The van der Waals surface area contributed by atoms with Gasteiger partial charge in [-0.25, -0.2) is 4.98 Å². The largest absolute Gasteiger partial charge is 0.505 e. The highest BCUT2D eigenvalue weighted by Crippen LogP contribution is 2.35. The number of ether oxygens (including phenoxy) is 1. The van der Waals surface area contributed by atoms with E-state index in [1.807, 2.05) is 0 Å². The minimum Gasteiger partial charge on any atom is -0.505 e. The topological polar surface area (TPSA) is 103 Å². The number of methoxy groups -OCH3 is 1. The van der Waals surface area contributed by atoms with Crippen molar-refractivity contribution < 1.29 is 24.9 Å². The summed E-state index contributed by atoms with van der Waals surface area (Å²) in [4.78, 5) is 18.1. The van der Waals surface area contributed by atoms with Crippen LogP contribution >= 0.6 is 0 Å². The van der Waals surface area contributed by atoms with Gasteiger partial charge in [0.25, 0.3) is 5.91 Å². The van der Waals surface area contributed by atoms with Crippen molar-refractivity contribution in [3.63, 3.8) is 0 Å². The number of piperidine rings is 1. The van der Waals surface area contributed by atoms with Gasteiger partial charge in [0.15, 0.2) is 5.69 Å². The molecule has 0 radical (unpaired) electrons. The summed E-state index contributed by atoms with van der Waals surface area (Å²) < 4.78 is 5.03. The quantitative estimate of drug-likeness (QED) is 0.655. The number of aromatic nitrogens is 1. The van der Waals surface area contributed by atoms with E-state index in [0.717, 1.165) is 0 Å². The third-order valence-electron chi connectivity index (χ3n) is 4.50. The molecule has 0 aliphatic carbocycles. The number of pyridine rings is 1. The predicted molar refractivity (Wildman–Crippen MR) is 83.1 cm³/mol. The van der Waals surface area contributed by atoms with Gasteiger partial charge in [-0.2, -0.15) is 0 Å². The molecule has 3 N–H and O–H groups in total. The van der Waals surface area contributed by atoms with E-state index in [4.69, 9.17) is 4.74 Å². The summed E-state index contributed by atoms with van der Waals surface area (Å²) >= 11 is 0. The summed E-state index contributed by atoms with van der Waals surface area (Å²) in [7, 11) is 1.60. The van der Waals surface area contributed by atoms with Crippen molar-refractivity contribution in [2.75, 3.05) is 33.4 Å². The van der Waals surface area contributed by atoms with E-state index >= 15 is 0 Å². The van der Waals surface area contributed by atoms with Crippen LogP contribution in [-0.2, 0) is 4.74 Å². The molecule has 7 nitrogen and oxygen atoms in total. The molecule has 1 aromatic rings. The molecule has 1 amide bonds. The van der Waals surface area contributed by atoms with Crippen molar-refractivity contribution in [2.24, 2.45) is 5.41 Å². The van der Waals surface area contributed by atoms with Gasteiger partial charge in [0.2, 0.25) is 0 Å². The number of nitrogens with zero attached hydrogens (tertiary/aromatic N) is 2. The zero-order valence-corrected chi connectivity index (χ0v) is 13.3. The molecule has 23 heavy (non-hydrogen) atoms. The highest BCUT2D eigenvalue weighted by Gasteiger charge is 2.43. The van der Waals surface area contributed by atoms with Crippen molar-refractivity contribution in [2.45, 2.75) is 25.4 Å². The van der Waals surface area contributed by atoms with Crippen molar-refractivity contribution in [1.29, 1.82) is 0 Å². The predicted octanol–water partition coefficient (Wildman–Crippen LogP) is 0.399. The van der Waals surface area contributed by atoms with E-state index in [9.17, 15) is 20.1 Å². The number of amides is 1. The number of aliphatic hydroxyl groups is 2. The van der Waals surface area contributed by atoms with Gasteiger partial charge in [-0.1, -0.05) is 0 Å². The van der Waals surface area contributed by atoms with Crippen LogP contribution in [0.5, 0.6) is 5.75 Å². The molecule has 1 aliphatic rings. The Kier molecular flexibility index (Phi) is 5.92. The van der Waals surface area contributed by atoms with Gasteiger partial charge in [-0.15, -0.1) is 0 Å². The SMILES string of the molecule is COCCC[C@@]1(CO)CN(C(=O)c2ncccc2O)CC[C@H]1O. The molecule has 1 aromatic heterocycles. The lowest BCUT2D eigenvalue weighted by Gasteiger charge is -2.45. The first kappa shape index (κ1) is 17.7. The average Bonchev–Trinajstić information content (AvgIpc) is 2.57. The number of carbonyl (C=O) groups excluding carboxylic acids is 1. The van der Waals surface area contributed by atoms with Crippen LogP contribution in [0.15, 0.2) is 18.3 Å². The Bertz CT molecular complexity index is 539. The molecule has 0 bridgehead atoms. The van der Waals surface area contributed by atoms with E-state index in [0.29, 0.717) is 32.4 Å². The highest BCUT2D eigenvalue weighted by molar-refractivity contribution is 5.94. The number of rotatable bonds is 6. The smallest absolute Gasteiger partial charge is 0.276 e. The first-order valence-corrected chi connectivity index (χ1v) is 7.75. The number of aromatic hydroxyl groups is 1.